The fraction of sp³-hybridized carbons (Fsp3) is 0.357. The molecule has 1 aliphatic rings. The maximum Gasteiger partial charge on any atom is 0.0951 e. The summed E-state index contributed by atoms with van der Waals surface area (Å²) in [5.41, 5.74) is 2.16. The highest BCUT2D eigenvalue weighted by Crippen LogP contribution is 2.22. The van der Waals surface area contributed by atoms with Gasteiger partial charge in [0.1, 0.15) is 0 Å². The van der Waals surface area contributed by atoms with Crippen LogP contribution in [0, 0.1) is 0 Å². The lowest BCUT2D eigenvalue weighted by Crippen LogP contribution is -2.43. The molecule has 1 aromatic heterocycles. The molecule has 1 N–H and O–H groups in total. The molecule has 2 heterocycles. The van der Waals surface area contributed by atoms with Crippen molar-refractivity contribution in [1.29, 1.82) is 0 Å². The third kappa shape index (κ3) is 2.97. The number of benzene rings is 1. The van der Waals surface area contributed by atoms with E-state index in [-0.39, 0.29) is 0 Å². The zero-order chi connectivity index (χ0) is 13.1. The lowest BCUT2D eigenvalue weighted by atomic mass is 10.1. The molecule has 0 saturated carbocycles. The number of rotatable bonds is 3. The van der Waals surface area contributed by atoms with Crippen LogP contribution >= 0.6 is 11.6 Å². The first kappa shape index (κ1) is 12.7. The smallest absolute Gasteiger partial charge is 0.0951 e. The van der Waals surface area contributed by atoms with Crippen molar-refractivity contribution < 1.29 is 4.74 Å². The van der Waals surface area contributed by atoms with Gasteiger partial charge in [0.2, 0.25) is 0 Å². The monoisotopic (exact) mass is 277 g/mol. The number of aromatic nitrogens is 2. The Morgan fingerprint density at radius 3 is 3.21 bits per heavy atom. The van der Waals surface area contributed by atoms with Crippen LogP contribution in [0.2, 0.25) is 5.02 Å². The van der Waals surface area contributed by atoms with E-state index in [1.807, 2.05) is 36.8 Å². The quantitative estimate of drug-likeness (QED) is 0.935. The normalized spacial score (nSPS) is 19.5. The minimum absolute atomic E-state index is 0.334. The fourth-order valence-electron chi connectivity index (χ4n) is 2.33. The molecule has 1 saturated heterocycles. The molecule has 3 rings (SSSR count). The zero-order valence-corrected chi connectivity index (χ0v) is 11.3. The minimum Gasteiger partial charge on any atom is -0.378 e. The van der Waals surface area contributed by atoms with Gasteiger partial charge in [-0.15, -0.1) is 0 Å². The van der Waals surface area contributed by atoms with E-state index in [0.717, 1.165) is 42.6 Å². The summed E-state index contributed by atoms with van der Waals surface area (Å²) in [5, 5.41) is 4.19. The molecule has 1 aromatic carbocycles. The van der Waals surface area contributed by atoms with Crippen molar-refractivity contribution in [1.82, 2.24) is 14.9 Å². The van der Waals surface area contributed by atoms with Gasteiger partial charge in [-0.05, 0) is 12.1 Å². The van der Waals surface area contributed by atoms with E-state index < -0.39 is 0 Å². The van der Waals surface area contributed by atoms with Gasteiger partial charge in [0, 0.05) is 29.7 Å². The summed E-state index contributed by atoms with van der Waals surface area (Å²) in [6.07, 6.45) is 3.72. The molecule has 100 valence electrons. The van der Waals surface area contributed by atoms with Gasteiger partial charge in [-0.25, -0.2) is 4.98 Å². The van der Waals surface area contributed by atoms with Gasteiger partial charge < -0.3 is 14.6 Å². The highest BCUT2D eigenvalue weighted by molar-refractivity contribution is 6.30. The molecule has 4 nitrogen and oxygen atoms in total. The Balaban J connectivity index is 1.81. The Hall–Kier alpha value is -1.36. The number of hydrogen-bond acceptors (Lipinski definition) is 3. The summed E-state index contributed by atoms with van der Waals surface area (Å²) in [6, 6.07) is 8.17. The van der Waals surface area contributed by atoms with Crippen molar-refractivity contribution in [2.75, 3.05) is 19.8 Å². The van der Waals surface area contributed by atoms with Gasteiger partial charge >= 0.3 is 0 Å². The predicted molar refractivity (Wildman–Crippen MR) is 75.3 cm³/mol. The first-order valence-corrected chi connectivity index (χ1v) is 6.78. The van der Waals surface area contributed by atoms with Crippen molar-refractivity contribution in [2.24, 2.45) is 0 Å². The molecule has 0 spiro atoms. The fourth-order valence-corrected chi connectivity index (χ4v) is 2.52. The summed E-state index contributed by atoms with van der Waals surface area (Å²) >= 11 is 6.04. The van der Waals surface area contributed by atoms with Crippen molar-refractivity contribution in [3.05, 3.63) is 41.8 Å². The van der Waals surface area contributed by atoms with Crippen LogP contribution in [0.3, 0.4) is 0 Å². The Kier molecular flexibility index (Phi) is 3.82. The lowest BCUT2D eigenvalue weighted by molar-refractivity contribution is 0.0715. The van der Waals surface area contributed by atoms with Crippen molar-refractivity contribution in [3.63, 3.8) is 0 Å². The lowest BCUT2D eigenvalue weighted by Gasteiger charge is -2.24. The van der Waals surface area contributed by atoms with E-state index in [1.54, 1.807) is 0 Å². The van der Waals surface area contributed by atoms with Crippen molar-refractivity contribution >= 4 is 11.6 Å². The van der Waals surface area contributed by atoms with Crippen LogP contribution in [0.5, 0.6) is 0 Å². The number of imidazole rings is 1. The Labute approximate surface area is 117 Å². The summed E-state index contributed by atoms with van der Waals surface area (Å²) in [7, 11) is 0. The maximum absolute atomic E-state index is 6.04. The molecule has 0 amide bonds. The van der Waals surface area contributed by atoms with Crippen LogP contribution in [-0.2, 0) is 11.3 Å². The molecule has 0 radical (unpaired) electrons. The maximum atomic E-state index is 6.04. The predicted octanol–water partition coefficient (Wildman–Crippen LogP) is 2.19. The van der Waals surface area contributed by atoms with E-state index in [9.17, 15) is 0 Å². The van der Waals surface area contributed by atoms with Gasteiger partial charge in [-0.3, -0.25) is 0 Å². The second-order valence-electron chi connectivity index (χ2n) is 4.67. The Morgan fingerprint density at radius 2 is 2.42 bits per heavy atom. The van der Waals surface area contributed by atoms with Crippen LogP contribution in [0.15, 0.2) is 36.8 Å². The molecule has 5 heteroatoms. The molecule has 1 aliphatic heterocycles. The van der Waals surface area contributed by atoms with E-state index in [0.29, 0.717) is 6.04 Å². The van der Waals surface area contributed by atoms with Gasteiger partial charge in [-0.2, -0.15) is 0 Å². The average Bonchev–Trinajstić information content (AvgIpc) is 2.88. The highest BCUT2D eigenvalue weighted by Gasteiger charge is 2.15. The van der Waals surface area contributed by atoms with Gasteiger partial charge in [0.15, 0.2) is 0 Å². The van der Waals surface area contributed by atoms with Gasteiger partial charge in [0.25, 0.3) is 0 Å². The van der Waals surface area contributed by atoms with E-state index in [2.05, 4.69) is 14.9 Å². The summed E-state index contributed by atoms with van der Waals surface area (Å²) < 4.78 is 7.62. The first-order chi connectivity index (χ1) is 9.33. The number of halogens is 1. The Bertz CT molecular complexity index is 549. The molecule has 2 aromatic rings. The van der Waals surface area contributed by atoms with E-state index >= 15 is 0 Å². The molecule has 0 bridgehead atoms. The van der Waals surface area contributed by atoms with Crippen molar-refractivity contribution in [2.45, 2.75) is 12.6 Å². The topological polar surface area (TPSA) is 39.1 Å². The summed E-state index contributed by atoms with van der Waals surface area (Å²) in [6.45, 7) is 3.29. The third-order valence-corrected chi connectivity index (χ3v) is 3.48. The van der Waals surface area contributed by atoms with Crippen LogP contribution < -0.4 is 5.32 Å². The molecule has 0 aliphatic carbocycles. The van der Waals surface area contributed by atoms with E-state index in [1.165, 1.54) is 0 Å². The molecular weight excluding hydrogens is 262 g/mol. The molecule has 19 heavy (non-hydrogen) atoms. The standard InChI is InChI=1S/C14H16ClN3O/c15-12-3-1-2-11(6-12)14-7-16-10-18(14)8-13-9-19-5-4-17-13/h1-3,6-7,10,13,17H,4-5,8-9H2. The van der Waals surface area contributed by atoms with Crippen LogP contribution in [-0.4, -0.2) is 35.4 Å². The molecule has 1 unspecified atom stereocenters. The minimum atomic E-state index is 0.334. The SMILES string of the molecule is Clc1cccc(-c2cncn2CC2COCCN2)c1. The van der Waals surface area contributed by atoms with Crippen LogP contribution in [0.4, 0.5) is 0 Å². The summed E-state index contributed by atoms with van der Waals surface area (Å²) in [5.74, 6) is 0. The van der Waals surface area contributed by atoms with Gasteiger partial charge in [0.05, 0.1) is 31.4 Å². The highest BCUT2D eigenvalue weighted by atomic mass is 35.5. The molecule has 1 atom stereocenters. The first-order valence-electron chi connectivity index (χ1n) is 6.40. The third-order valence-electron chi connectivity index (χ3n) is 3.25. The van der Waals surface area contributed by atoms with Crippen LogP contribution in [0.1, 0.15) is 0 Å². The number of ether oxygens (including phenoxy) is 1. The van der Waals surface area contributed by atoms with E-state index in [4.69, 9.17) is 16.3 Å². The molecular formula is C14H16ClN3O. The number of hydrogen-bond donors (Lipinski definition) is 1. The Morgan fingerprint density at radius 1 is 1.47 bits per heavy atom. The second-order valence-corrected chi connectivity index (χ2v) is 5.10. The number of nitrogens with zero attached hydrogens (tertiary/aromatic N) is 2. The van der Waals surface area contributed by atoms with Crippen LogP contribution in [0.25, 0.3) is 11.3 Å². The summed E-state index contributed by atoms with van der Waals surface area (Å²) in [4.78, 5) is 4.24. The number of nitrogens with one attached hydrogen (secondary N) is 1. The molecule has 1 fully saturated rings. The second kappa shape index (κ2) is 5.74. The average molecular weight is 278 g/mol. The largest absolute Gasteiger partial charge is 0.378 e. The zero-order valence-electron chi connectivity index (χ0n) is 10.6. The number of morpholine rings is 1. The van der Waals surface area contributed by atoms with Gasteiger partial charge in [-0.1, -0.05) is 23.7 Å². The van der Waals surface area contributed by atoms with Crippen molar-refractivity contribution in [3.8, 4) is 11.3 Å².